The molecule has 0 radical (unpaired) electrons. The van der Waals surface area contributed by atoms with Crippen LogP contribution in [0.25, 0.3) is 0 Å². The van der Waals surface area contributed by atoms with Gasteiger partial charge in [-0.3, -0.25) is 9.59 Å². The maximum absolute atomic E-state index is 13.7. The van der Waals surface area contributed by atoms with Gasteiger partial charge in [-0.25, -0.2) is 0 Å². The van der Waals surface area contributed by atoms with Crippen molar-refractivity contribution >= 4 is 23.2 Å². The Bertz CT molecular complexity index is 1200. The molecular formula is C31H36N2O3. The zero-order valence-corrected chi connectivity index (χ0v) is 21.9. The fourth-order valence-corrected chi connectivity index (χ4v) is 4.98. The number of hydrogen-bond acceptors (Lipinski definition) is 3. The van der Waals surface area contributed by atoms with Gasteiger partial charge in [0.25, 0.3) is 0 Å². The maximum Gasteiger partial charge on any atom is 0.231 e. The molecule has 1 aliphatic heterocycles. The van der Waals surface area contributed by atoms with E-state index in [2.05, 4.69) is 57.3 Å². The van der Waals surface area contributed by atoms with E-state index in [0.717, 1.165) is 39.4 Å². The van der Waals surface area contributed by atoms with Crippen LogP contribution in [0, 0.1) is 5.92 Å². The van der Waals surface area contributed by atoms with Gasteiger partial charge in [0.05, 0.1) is 19.6 Å². The van der Waals surface area contributed by atoms with Crippen LogP contribution in [0.1, 0.15) is 68.2 Å². The first-order valence-electron chi connectivity index (χ1n) is 12.7. The lowest BCUT2D eigenvalue weighted by atomic mass is 9.88. The molecule has 1 unspecified atom stereocenters. The van der Waals surface area contributed by atoms with Crippen LogP contribution in [0.15, 0.2) is 66.7 Å². The van der Waals surface area contributed by atoms with Crippen molar-refractivity contribution in [3.63, 3.8) is 0 Å². The van der Waals surface area contributed by atoms with Gasteiger partial charge >= 0.3 is 0 Å². The van der Waals surface area contributed by atoms with Gasteiger partial charge in [0.15, 0.2) is 0 Å². The Hall–Kier alpha value is -3.60. The van der Waals surface area contributed by atoms with Crippen LogP contribution in [0.2, 0.25) is 0 Å². The molecule has 0 bridgehead atoms. The molecule has 1 N–H and O–H groups in total. The predicted molar refractivity (Wildman–Crippen MR) is 146 cm³/mol. The van der Waals surface area contributed by atoms with Crippen molar-refractivity contribution in [1.29, 1.82) is 0 Å². The van der Waals surface area contributed by atoms with Gasteiger partial charge in [0.2, 0.25) is 11.8 Å². The summed E-state index contributed by atoms with van der Waals surface area (Å²) in [5, 5.41) is 3.19. The molecule has 0 aromatic heterocycles. The first-order chi connectivity index (χ1) is 17.3. The molecule has 0 fully saturated rings. The summed E-state index contributed by atoms with van der Waals surface area (Å²) in [7, 11) is 1.64. The van der Waals surface area contributed by atoms with E-state index in [1.165, 1.54) is 0 Å². The number of nitrogens with zero attached hydrogens (tertiary/aromatic N) is 1. The molecule has 0 aliphatic carbocycles. The molecular weight excluding hydrogens is 448 g/mol. The van der Waals surface area contributed by atoms with Crippen LogP contribution >= 0.6 is 0 Å². The third kappa shape index (κ3) is 5.46. The minimum absolute atomic E-state index is 0.0131. The molecule has 4 rings (SSSR count). The number of hydrogen-bond donors (Lipinski definition) is 1. The molecule has 188 valence electrons. The summed E-state index contributed by atoms with van der Waals surface area (Å²) in [4.78, 5) is 28.8. The summed E-state index contributed by atoms with van der Waals surface area (Å²) in [5.41, 5.74) is 6.16. The number of rotatable bonds is 8. The number of fused-ring (bicyclic) bond motifs is 1. The summed E-state index contributed by atoms with van der Waals surface area (Å²) < 4.78 is 5.27. The van der Waals surface area contributed by atoms with Gasteiger partial charge in [0.1, 0.15) is 5.75 Å². The zero-order valence-electron chi connectivity index (χ0n) is 21.9. The molecule has 36 heavy (non-hydrogen) atoms. The summed E-state index contributed by atoms with van der Waals surface area (Å²) in [6, 6.07) is 21.9. The first-order valence-corrected chi connectivity index (χ1v) is 12.7. The Morgan fingerprint density at radius 3 is 2.19 bits per heavy atom. The van der Waals surface area contributed by atoms with Crippen molar-refractivity contribution < 1.29 is 14.3 Å². The number of ether oxygens (including phenoxy) is 1. The average molecular weight is 485 g/mol. The van der Waals surface area contributed by atoms with Gasteiger partial charge in [-0.15, -0.1) is 0 Å². The van der Waals surface area contributed by atoms with Crippen LogP contribution < -0.4 is 15.0 Å². The topological polar surface area (TPSA) is 58.6 Å². The number of benzene rings is 3. The Morgan fingerprint density at radius 1 is 0.944 bits per heavy atom. The van der Waals surface area contributed by atoms with Gasteiger partial charge in [-0.2, -0.15) is 0 Å². The maximum atomic E-state index is 13.7. The number of nitrogens with one attached hydrogen (secondary N) is 1. The number of anilines is 2. The molecule has 2 amide bonds. The highest BCUT2D eigenvalue weighted by atomic mass is 16.5. The number of para-hydroxylation sites is 2. The van der Waals surface area contributed by atoms with Gasteiger partial charge < -0.3 is 15.0 Å². The van der Waals surface area contributed by atoms with E-state index >= 15 is 0 Å². The van der Waals surface area contributed by atoms with Crippen molar-refractivity contribution in [1.82, 2.24) is 0 Å². The van der Waals surface area contributed by atoms with E-state index in [1.807, 2.05) is 47.4 Å². The minimum Gasteiger partial charge on any atom is -0.497 e. The molecule has 5 heteroatoms. The number of methoxy groups -OCH3 is 1. The smallest absolute Gasteiger partial charge is 0.231 e. The fourth-order valence-electron chi connectivity index (χ4n) is 4.98. The van der Waals surface area contributed by atoms with Crippen LogP contribution in [0.3, 0.4) is 0 Å². The molecule has 3 aromatic rings. The highest BCUT2D eigenvalue weighted by molar-refractivity contribution is 6.02. The Kier molecular flexibility index (Phi) is 7.78. The summed E-state index contributed by atoms with van der Waals surface area (Å²) in [6.07, 6.45) is 0.709. The average Bonchev–Trinajstić information content (AvgIpc) is 2.86. The molecule has 1 heterocycles. The Balaban J connectivity index is 1.57. The van der Waals surface area contributed by atoms with Crippen molar-refractivity contribution in [2.75, 3.05) is 17.3 Å². The summed E-state index contributed by atoms with van der Waals surface area (Å²) >= 11 is 0. The van der Waals surface area contributed by atoms with Crippen molar-refractivity contribution in [2.45, 2.75) is 58.9 Å². The normalized spacial score (nSPS) is 15.2. The van der Waals surface area contributed by atoms with Crippen LogP contribution in [-0.4, -0.2) is 18.9 Å². The van der Waals surface area contributed by atoms with Crippen molar-refractivity contribution in [2.24, 2.45) is 5.92 Å². The second-order valence-corrected chi connectivity index (χ2v) is 10.2. The molecule has 5 nitrogen and oxygen atoms in total. The standard InChI is InChI=1S/C31H36N2O3/c1-20(2)26-10-8-11-27(21(3)4)30(26)32-29(34)18-24-17-23-9-6-7-12-28(23)33(31(24)35)19-22-13-15-25(36-5)16-14-22/h6-16,20-21,24H,17-19H2,1-5H3,(H,32,34). The van der Waals surface area contributed by atoms with E-state index in [1.54, 1.807) is 7.11 Å². The molecule has 1 aliphatic rings. The highest BCUT2D eigenvalue weighted by Gasteiger charge is 2.34. The van der Waals surface area contributed by atoms with E-state index < -0.39 is 5.92 Å². The van der Waals surface area contributed by atoms with E-state index in [-0.39, 0.29) is 30.1 Å². The van der Waals surface area contributed by atoms with Gasteiger partial charge in [-0.1, -0.05) is 76.2 Å². The van der Waals surface area contributed by atoms with Crippen LogP contribution in [0.4, 0.5) is 11.4 Å². The van der Waals surface area contributed by atoms with E-state index in [4.69, 9.17) is 4.74 Å². The molecule has 0 spiro atoms. The number of amides is 2. The second kappa shape index (κ2) is 11.0. The van der Waals surface area contributed by atoms with E-state index in [0.29, 0.717) is 13.0 Å². The van der Waals surface area contributed by atoms with E-state index in [9.17, 15) is 9.59 Å². The van der Waals surface area contributed by atoms with Crippen molar-refractivity contribution in [3.05, 3.63) is 89.0 Å². The molecule has 3 aromatic carbocycles. The van der Waals surface area contributed by atoms with Crippen LogP contribution in [0.5, 0.6) is 5.75 Å². The largest absolute Gasteiger partial charge is 0.497 e. The monoisotopic (exact) mass is 484 g/mol. The Labute approximate surface area is 214 Å². The second-order valence-electron chi connectivity index (χ2n) is 10.2. The molecule has 0 saturated carbocycles. The highest BCUT2D eigenvalue weighted by Crippen LogP contribution is 2.35. The van der Waals surface area contributed by atoms with Crippen molar-refractivity contribution in [3.8, 4) is 5.75 Å². The van der Waals surface area contributed by atoms with Crippen LogP contribution in [-0.2, 0) is 22.6 Å². The number of carbonyl (C=O) groups excluding carboxylic acids is 2. The molecule has 1 atom stereocenters. The quantitative estimate of drug-likeness (QED) is 0.388. The third-order valence-electron chi connectivity index (χ3n) is 6.93. The third-order valence-corrected chi connectivity index (χ3v) is 6.93. The zero-order chi connectivity index (χ0) is 25.8. The SMILES string of the molecule is COc1ccc(CN2C(=O)C(CC(=O)Nc3c(C(C)C)cccc3C(C)C)Cc3ccccc32)cc1. The molecule has 0 saturated heterocycles. The summed E-state index contributed by atoms with van der Waals surface area (Å²) in [5.74, 6) is 0.797. The lowest BCUT2D eigenvalue weighted by molar-refractivity contribution is -0.127. The van der Waals surface area contributed by atoms with Gasteiger partial charge in [-0.05, 0) is 58.7 Å². The lowest BCUT2D eigenvalue weighted by Crippen LogP contribution is -2.42. The Morgan fingerprint density at radius 2 is 1.58 bits per heavy atom. The predicted octanol–water partition coefficient (Wildman–Crippen LogP) is 6.68. The lowest BCUT2D eigenvalue weighted by Gasteiger charge is -2.34. The number of carbonyl (C=O) groups is 2. The first kappa shape index (κ1) is 25.5. The fraction of sp³-hybridized carbons (Fsp3) is 0.355. The summed E-state index contributed by atoms with van der Waals surface area (Å²) in [6.45, 7) is 8.98. The van der Waals surface area contributed by atoms with Gasteiger partial charge in [0, 0.05) is 17.8 Å². The minimum atomic E-state index is -0.410.